The van der Waals surface area contributed by atoms with Crippen LogP contribution in [-0.2, 0) is 15.9 Å². The topological polar surface area (TPSA) is 53.8 Å². The van der Waals surface area contributed by atoms with E-state index in [1.807, 2.05) is 32.8 Å². The van der Waals surface area contributed by atoms with Gasteiger partial charge in [0.05, 0.1) is 5.88 Å². The van der Waals surface area contributed by atoms with Crippen LogP contribution in [0.2, 0.25) is 0 Å². The molecule has 7 heteroatoms. The summed E-state index contributed by atoms with van der Waals surface area (Å²) in [5.74, 6) is 1.09. The molecule has 1 unspecified atom stereocenters. The summed E-state index contributed by atoms with van der Waals surface area (Å²) in [6.07, 6.45) is 0. The first kappa shape index (κ1) is 18.5. The Balaban J connectivity index is 3.32. The molecule has 1 rings (SSSR count). The Kier molecular flexibility index (Phi) is 6.28. The Morgan fingerprint density at radius 3 is 2.24 bits per heavy atom. The lowest BCUT2D eigenvalue weighted by Crippen LogP contribution is -2.43. The van der Waals surface area contributed by atoms with Crippen molar-refractivity contribution in [2.75, 3.05) is 27.2 Å². The van der Waals surface area contributed by atoms with Gasteiger partial charge in [-0.1, -0.05) is 6.92 Å². The quantitative estimate of drug-likeness (QED) is 0.718. The number of halogens is 1. The van der Waals surface area contributed by atoms with Crippen molar-refractivity contribution in [3.63, 3.8) is 0 Å². The number of alkyl halides is 1. The van der Waals surface area contributed by atoms with Crippen molar-refractivity contribution in [3.8, 4) is 0 Å². The van der Waals surface area contributed by atoms with Gasteiger partial charge in [0.1, 0.15) is 16.4 Å². The molecule has 0 amide bonds. The molecule has 0 aromatic carbocycles. The van der Waals surface area contributed by atoms with Gasteiger partial charge in [0.15, 0.2) is 0 Å². The highest BCUT2D eigenvalue weighted by atomic mass is 35.5. The van der Waals surface area contributed by atoms with E-state index in [1.54, 1.807) is 13.8 Å². The molecular weight excluding hydrogens is 312 g/mol. The number of hydrogen-bond donors (Lipinski definition) is 0. The number of aryl methyl sites for hydroxylation is 2. The third-order valence-electron chi connectivity index (χ3n) is 3.46. The van der Waals surface area contributed by atoms with Crippen molar-refractivity contribution >= 4 is 21.6 Å². The van der Waals surface area contributed by atoms with E-state index in [4.69, 9.17) is 16.0 Å². The number of rotatable bonds is 7. The Labute approximate surface area is 132 Å². The van der Waals surface area contributed by atoms with E-state index < -0.39 is 10.0 Å². The van der Waals surface area contributed by atoms with E-state index in [9.17, 15) is 8.42 Å². The van der Waals surface area contributed by atoms with E-state index in [0.29, 0.717) is 30.2 Å². The number of likely N-dealkylation sites (N-methyl/N-ethyl adjacent to an activating group) is 2. The standard InChI is InChI=1S/C14H25ClN2O3S/c1-7-17(10(2)9-16(5)6)21(18,19)14-12(4)20-11(3)13(14)8-15/h10H,7-9H2,1-6H3. The summed E-state index contributed by atoms with van der Waals surface area (Å²) in [5, 5.41) is 0. The first-order chi connectivity index (χ1) is 9.66. The van der Waals surface area contributed by atoms with Gasteiger partial charge in [-0.05, 0) is 34.9 Å². The smallest absolute Gasteiger partial charge is 0.247 e. The first-order valence-corrected chi connectivity index (χ1v) is 8.95. The molecule has 5 nitrogen and oxygen atoms in total. The van der Waals surface area contributed by atoms with Crippen LogP contribution in [0.4, 0.5) is 0 Å². The molecule has 0 aliphatic heterocycles. The highest BCUT2D eigenvalue weighted by molar-refractivity contribution is 7.89. The molecule has 1 aromatic rings. The van der Waals surface area contributed by atoms with Crippen LogP contribution in [0, 0.1) is 13.8 Å². The largest absolute Gasteiger partial charge is 0.465 e. The van der Waals surface area contributed by atoms with Crippen molar-refractivity contribution in [1.82, 2.24) is 9.21 Å². The number of furan rings is 1. The maximum Gasteiger partial charge on any atom is 0.247 e. The van der Waals surface area contributed by atoms with Gasteiger partial charge in [-0.2, -0.15) is 4.31 Å². The third kappa shape index (κ3) is 3.80. The molecule has 122 valence electrons. The van der Waals surface area contributed by atoms with Gasteiger partial charge in [-0.15, -0.1) is 11.6 Å². The van der Waals surface area contributed by atoms with Crippen molar-refractivity contribution in [2.45, 2.75) is 44.5 Å². The van der Waals surface area contributed by atoms with Crippen LogP contribution >= 0.6 is 11.6 Å². The van der Waals surface area contributed by atoms with E-state index >= 15 is 0 Å². The summed E-state index contributed by atoms with van der Waals surface area (Å²) in [7, 11) is 0.230. The molecule has 0 bridgehead atoms. The maximum absolute atomic E-state index is 13.0. The molecule has 0 aliphatic carbocycles. The number of hydrogen-bond acceptors (Lipinski definition) is 4. The van der Waals surface area contributed by atoms with Gasteiger partial charge in [-0.25, -0.2) is 8.42 Å². The second kappa shape index (κ2) is 7.13. The van der Waals surface area contributed by atoms with Gasteiger partial charge in [0, 0.05) is 24.7 Å². The number of nitrogens with zero attached hydrogens (tertiary/aromatic N) is 2. The van der Waals surface area contributed by atoms with Crippen LogP contribution in [0.25, 0.3) is 0 Å². The van der Waals surface area contributed by atoms with Crippen molar-refractivity contribution < 1.29 is 12.8 Å². The monoisotopic (exact) mass is 336 g/mol. The molecule has 0 radical (unpaired) electrons. The summed E-state index contributed by atoms with van der Waals surface area (Å²) in [6.45, 7) is 8.21. The van der Waals surface area contributed by atoms with Gasteiger partial charge in [0.2, 0.25) is 10.0 Å². The fraction of sp³-hybridized carbons (Fsp3) is 0.714. The predicted molar refractivity (Wildman–Crippen MR) is 85.3 cm³/mol. The summed E-state index contributed by atoms with van der Waals surface area (Å²) < 4.78 is 33.0. The number of sulfonamides is 1. The highest BCUT2D eigenvalue weighted by Gasteiger charge is 2.34. The lowest BCUT2D eigenvalue weighted by atomic mass is 10.3. The Bertz CT molecular complexity index is 581. The highest BCUT2D eigenvalue weighted by Crippen LogP contribution is 2.31. The minimum atomic E-state index is -3.62. The zero-order valence-corrected chi connectivity index (χ0v) is 15.2. The van der Waals surface area contributed by atoms with Gasteiger partial charge in [0.25, 0.3) is 0 Å². The zero-order chi connectivity index (χ0) is 16.4. The van der Waals surface area contributed by atoms with Crippen LogP contribution in [0.1, 0.15) is 30.9 Å². The molecule has 1 aromatic heterocycles. The van der Waals surface area contributed by atoms with E-state index in [2.05, 4.69) is 0 Å². The molecule has 0 saturated carbocycles. The third-order valence-corrected chi connectivity index (χ3v) is 6.01. The lowest BCUT2D eigenvalue weighted by molar-refractivity contribution is 0.271. The minimum absolute atomic E-state index is 0.122. The predicted octanol–water partition coefficient (Wildman–Crippen LogP) is 2.60. The fourth-order valence-corrected chi connectivity index (χ4v) is 5.11. The summed E-state index contributed by atoms with van der Waals surface area (Å²) >= 11 is 5.92. The van der Waals surface area contributed by atoms with Crippen LogP contribution in [0.5, 0.6) is 0 Å². The van der Waals surface area contributed by atoms with Crippen LogP contribution in [-0.4, -0.2) is 50.8 Å². The maximum atomic E-state index is 13.0. The lowest BCUT2D eigenvalue weighted by Gasteiger charge is -2.29. The van der Waals surface area contributed by atoms with Crippen LogP contribution in [0.15, 0.2) is 9.31 Å². The van der Waals surface area contributed by atoms with E-state index in [-0.39, 0.29) is 16.8 Å². The Hall–Kier alpha value is -0.560. The van der Waals surface area contributed by atoms with Crippen LogP contribution < -0.4 is 0 Å². The molecule has 0 spiro atoms. The minimum Gasteiger partial charge on any atom is -0.465 e. The van der Waals surface area contributed by atoms with Gasteiger partial charge < -0.3 is 9.32 Å². The Morgan fingerprint density at radius 2 is 1.81 bits per heavy atom. The molecule has 21 heavy (non-hydrogen) atoms. The molecular formula is C14H25ClN2O3S. The van der Waals surface area contributed by atoms with Gasteiger partial charge >= 0.3 is 0 Å². The SMILES string of the molecule is CCN(C(C)CN(C)C)S(=O)(=O)c1c(C)oc(C)c1CCl. The summed E-state index contributed by atoms with van der Waals surface area (Å²) in [4.78, 5) is 2.20. The van der Waals surface area contributed by atoms with Crippen LogP contribution in [0.3, 0.4) is 0 Å². The summed E-state index contributed by atoms with van der Waals surface area (Å²) in [5.41, 5.74) is 0.560. The van der Waals surface area contributed by atoms with E-state index in [1.165, 1.54) is 4.31 Å². The molecule has 1 heterocycles. The zero-order valence-electron chi connectivity index (χ0n) is 13.6. The molecule has 1 atom stereocenters. The van der Waals surface area contributed by atoms with Gasteiger partial charge in [-0.3, -0.25) is 0 Å². The molecule has 0 fully saturated rings. The first-order valence-electron chi connectivity index (χ1n) is 6.98. The average molecular weight is 337 g/mol. The molecule has 0 saturated heterocycles. The second-order valence-corrected chi connectivity index (χ2v) is 7.57. The molecule has 0 N–H and O–H groups in total. The molecule has 0 aliphatic rings. The van der Waals surface area contributed by atoms with E-state index in [0.717, 1.165) is 0 Å². The summed E-state index contributed by atoms with van der Waals surface area (Å²) in [6, 6.07) is -0.132. The van der Waals surface area contributed by atoms with Crippen molar-refractivity contribution in [1.29, 1.82) is 0 Å². The van der Waals surface area contributed by atoms with Crippen molar-refractivity contribution in [3.05, 3.63) is 17.1 Å². The fourth-order valence-electron chi connectivity index (χ4n) is 2.66. The average Bonchev–Trinajstić information content (AvgIpc) is 2.63. The van der Waals surface area contributed by atoms with Crippen molar-refractivity contribution in [2.24, 2.45) is 0 Å². The Morgan fingerprint density at radius 1 is 1.24 bits per heavy atom. The second-order valence-electron chi connectivity index (χ2n) is 5.48. The normalized spacial score (nSPS) is 14.1.